The van der Waals surface area contributed by atoms with E-state index in [1.54, 1.807) is 30.3 Å². The second-order valence-corrected chi connectivity index (χ2v) is 5.40. The highest BCUT2D eigenvalue weighted by molar-refractivity contribution is 5.35. The molecule has 0 atom stereocenters. The van der Waals surface area contributed by atoms with E-state index in [-0.39, 0.29) is 0 Å². The van der Waals surface area contributed by atoms with Crippen LogP contribution in [0, 0.1) is 0 Å². The van der Waals surface area contributed by atoms with Crippen molar-refractivity contribution in [2.75, 3.05) is 0 Å². The molecule has 1 heterocycles. The number of para-hydroxylation sites is 1. The Hall–Kier alpha value is -1.78. The van der Waals surface area contributed by atoms with E-state index in [9.17, 15) is 13.2 Å². The zero-order valence-electron chi connectivity index (χ0n) is 11.0. The van der Waals surface area contributed by atoms with Crippen molar-refractivity contribution in [3.8, 4) is 5.69 Å². The predicted molar refractivity (Wildman–Crippen MR) is 67.3 cm³/mol. The van der Waals surface area contributed by atoms with Gasteiger partial charge >= 0.3 is 6.18 Å². The maximum absolute atomic E-state index is 13.1. The number of halogens is 3. The van der Waals surface area contributed by atoms with Crippen LogP contribution in [0.15, 0.2) is 36.5 Å². The van der Waals surface area contributed by atoms with Crippen LogP contribution in [0.4, 0.5) is 13.2 Å². The van der Waals surface area contributed by atoms with Crippen LogP contribution in [-0.2, 0) is 11.6 Å². The number of alkyl halides is 3. The summed E-state index contributed by atoms with van der Waals surface area (Å²) in [5.41, 5.74) is 0.446. The molecule has 0 radical (unpaired) electrons. The number of aromatic nitrogens is 2. The number of benzene rings is 1. The maximum Gasteiger partial charge on any atom is 0.450 e. The van der Waals surface area contributed by atoms with Crippen molar-refractivity contribution in [2.24, 2.45) is 0 Å². The zero-order chi connectivity index (χ0) is 14.3. The van der Waals surface area contributed by atoms with Crippen LogP contribution in [0.1, 0.15) is 32.3 Å². The van der Waals surface area contributed by atoms with Crippen molar-refractivity contribution in [2.45, 2.75) is 32.4 Å². The molecule has 2 nitrogen and oxygen atoms in total. The summed E-state index contributed by atoms with van der Waals surface area (Å²) < 4.78 is 40.3. The average molecular weight is 268 g/mol. The Balaban J connectivity index is 2.63. The van der Waals surface area contributed by atoms with Crippen LogP contribution in [0.5, 0.6) is 0 Å². The summed E-state index contributed by atoms with van der Waals surface area (Å²) >= 11 is 0. The molecule has 1 aromatic carbocycles. The summed E-state index contributed by atoms with van der Waals surface area (Å²) in [6.45, 7) is 5.51. The minimum absolute atomic E-state index is 0.420. The topological polar surface area (TPSA) is 17.8 Å². The van der Waals surface area contributed by atoms with E-state index in [0.29, 0.717) is 11.4 Å². The molecule has 0 amide bonds. The average Bonchev–Trinajstić information content (AvgIpc) is 2.74. The molecule has 0 N–H and O–H groups in total. The molecule has 1 aromatic heterocycles. The molecule has 0 saturated heterocycles. The number of hydrogen-bond acceptors (Lipinski definition) is 1. The van der Waals surface area contributed by atoms with Gasteiger partial charge in [0.1, 0.15) is 0 Å². The quantitative estimate of drug-likeness (QED) is 0.758. The summed E-state index contributed by atoms with van der Waals surface area (Å²) in [5.74, 6) is -0.886. The lowest BCUT2D eigenvalue weighted by atomic mass is 9.93. The summed E-state index contributed by atoms with van der Waals surface area (Å²) in [4.78, 5) is 3.77. The van der Waals surface area contributed by atoms with Crippen molar-refractivity contribution in [3.63, 3.8) is 0 Å². The van der Waals surface area contributed by atoms with Gasteiger partial charge in [-0.15, -0.1) is 0 Å². The fourth-order valence-corrected chi connectivity index (χ4v) is 1.73. The zero-order valence-corrected chi connectivity index (χ0v) is 11.0. The van der Waals surface area contributed by atoms with E-state index in [0.717, 1.165) is 4.57 Å². The van der Waals surface area contributed by atoms with Gasteiger partial charge in [0, 0.05) is 17.3 Å². The van der Waals surface area contributed by atoms with Gasteiger partial charge in [0.2, 0.25) is 5.82 Å². The van der Waals surface area contributed by atoms with Gasteiger partial charge in [0.05, 0.1) is 5.69 Å². The van der Waals surface area contributed by atoms with Gasteiger partial charge in [-0.3, -0.25) is 4.57 Å². The molecule has 0 aliphatic rings. The standard InChI is InChI=1S/C14H15F3N2/c1-13(2,3)11-9-19(10-7-5-4-6-8-10)12(18-11)14(15,16)17/h4-9H,1-3H3. The van der Waals surface area contributed by atoms with Crippen molar-refractivity contribution >= 4 is 0 Å². The van der Waals surface area contributed by atoms with E-state index < -0.39 is 17.4 Å². The van der Waals surface area contributed by atoms with Crippen LogP contribution >= 0.6 is 0 Å². The fourth-order valence-electron chi connectivity index (χ4n) is 1.73. The normalized spacial score (nSPS) is 12.7. The van der Waals surface area contributed by atoms with Gasteiger partial charge < -0.3 is 0 Å². The number of hydrogen-bond donors (Lipinski definition) is 0. The van der Waals surface area contributed by atoms with Crippen LogP contribution in [0.2, 0.25) is 0 Å². The summed E-state index contributed by atoms with van der Waals surface area (Å²) in [6.07, 6.45) is -3.02. The van der Waals surface area contributed by atoms with Gasteiger partial charge in [-0.1, -0.05) is 39.0 Å². The molecule has 2 rings (SSSR count). The van der Waals surface area contributed by atoms with Crippen LogP contribution in [0.3, 0.4) is 0 Å². The Labute approximate surface area is 109 Å². The lowest BCUT2D eigenvalue weighted by Crippen LogP contribution is -2.14. The maximum atomic E-state index is 13.1. The van der Waals surface area contributed by atoms with Crippen LogP contribution in [-0.4, -0.2) is 9.55 Å². The molecular formula is C14H15F3N2. The number of nitrogens with zero attached hydrogens (tertiary/aromatic N) is 2. The van der Waals surface area contributed by atoms with Crippen molar-refractivity contribution < 1.29 is 13.2 Å². The Morgan fingerprint density at radius 2 is 1.58 bits per heavy atom. The molecule has 102 valence electrons. The lowest BCUT2D eigenvalue weighted by Gasteiger charge is -2.14. The van der Waals surface area contributed by atoms with E-state index >= 15 is 0 Å². The van der Waals surface area contributed by atoms with E-state index in [4.69, 9.17) is 0 Å². The van der Waals surface area contributed by atoms with Crippen LogP contribution < -0.4 is 0 Å². The second kappa shape index (κ2) is 4.40. The summed E-state index contributed by atoms with van der Waals surface area (Å²) in [5, 5.41) is 0. The monoisotopic (exact) mass is 268 g/mol. The predicted octanol–water partition coefficient (Wildman–Crippen LogP) is 4.19. The van der Waals surface area contributed by atoms with Gasteiger partial charge in [-0.25, -0.2) is 4.98 Å². The number of rotatable bonds is 1. The highest BCUT2D eigenvalue weighted by atomic mass is 19.4. The first kappa shape index (κ1) is 13.6. The molecule has 5 heteroatoms. The first-order valence-electron chi connectivity index (χ1n) is 5.92. The highest BCUT2D eigenvalue weighted by Crippen LogP contribution is 2.33. The van der Waals surface area contributed by atoms with Gasteiger partial charge in [0.15, 0.2) is 0 Å². The van der Waals surface area contributed by atoms with Crippen molar-refractivity contribution in [1.29, 1.82) is 0 Å². The molecule has 0 fully saturated rings. The molecule has 0 unspecified atom stereocenters. The molecule has 19 heavy (non-hydrogen) atoms. The van der Waals surface area contributed by atoms with E-state index in [1.807, 2.05) is 20.8 Å². The molecule has 0 saturated carbocycles. The Morgan fingerprint density at radius 1 is 1.00 bits per heavy atom. The third-order valence-corrected chi connectivity index (χ3v) is 2.76. The van der Waals surface area contributed by atoms with Crippen molar-refractivity contribution in [1.82, 2.24) is 9.55 Å². The largest absolute Gasteiger partial charge is 0.450 e. The van der Waals surface area contributed by atoms with Crippen molar-refractivity contribution in [3.05, 3.63) is 48.0 Å². The summed E-state index contributed by atoms with van der Waals surface area (Å²) in [6, 6.07) is 8.42. The first-order valence-corrected chi connectivity index (χ1v) is 5.92. The summed E-state index contributed by atoms with van der Waals surface area (Å²) in [7, 11) is 0. The third kappa shape index (κ3) is 2.80. The number of imidazole rings is 1. The third-order valence-electron chi connectivity index (χ3n) is 2.76. The molecular weight excluding hydrogens is 253 g/mol. The SMILES string of the molecule is CC(C)(C)c1cn(-c2ccccc2)c(C(F)(F)F)n1. The van der Waals surface area contributed by atoms with Crippen LogP contribution in [0.25, 0.3) is 5.69 Å². The minimum atomic E-state index is -4.47. The first-order chi connectivity index (χ1) is 8.69. The Morgan fingerprint density at radius 3 is 2.05 bits per heavy atom. The second-order valence-electron chi connectivity index (χ2n) is 5.40. The minimum Gasteiger partial charge on any atom is -0.296 e. The van der Waals surface area contributed by atoms with E-state index in [1.165, 1.54) is 6.20 Å². The van der Waals surface area contributed by atoms with Gasteiger partial charge in [-0.05, 0) is 12.1 Å². The highest BCUT2D eigenvalue weighted by Gasteiger charge is 2.38. The molecule has 0 bridgehead atoms. The Bertz CT molecular complexity index is 563. The van der Waals surface area contributed by atoms with Gasteiger partial charge in [-0.2, -0.15) is 13.2 Å². The lowest BCUT2D eigenvalue weighted by molar-refractivity contribution is -0.146. The molecule has 2 aromatic rings. The van der Waals surface area contributed by atoms with Gasteiger partial charge in [0.25, 0.3) is 0 Å². The molecule has 0 spiro atoms. The van der Waals surface area contributed by atoms with E-state index in [2.05, 4.69) is 4.98 Å². The molecule has 0 aliphatic heterocycles. The Kier molecular flexibility index (Phi) is 3.16. The molecule has 0 aliphatic carbocycles. The smallest absolute Gasteiger partial charge is 0.296 e. The fraction of sp³-hybridized carbons (Fsp3) is 0.357.